The van der Waals surface area contributed by atoms with Crippen LogP contribution in [0.1, 0.15) is 37.7 Å². The Bertz CT molecular complexity index is 532. The second-order valence-corrected chi connectivity index (χ2v) is 6.77. The number of aromatic nitrogens is 1. The Morgan fingerprint density at radius 2 is 1.92 bits per heavy atom. The maximum absolute atomic E-state index is 12.2. The molecule has 0 aliphatic carbocycles. The van der Waals surface area contributed by atoms with Crippen molar-refractivity contribution in [3.63, 3.8) is 0 Å². The summed E-state index contributed by atoms with van der Waals surface area (Å²) in [5.74, 6) is 1.17. The highest BCUT2D eigenvalue weighted by Gasteiger charge is 2.26. The van der Waals surface area contributed by atoms with E-state index in [2.05, 4.69) is 15.2 Å². The third-order valence-electron chi connectivity index (χ3n) is 5.03. The number of hydrogen-bond donors (Lipinski definition) is 2. The van der Waals surface area contributed by atoms with Crippen LogP contribution in [0, 0.1) is 5.92 Å². The van der Waals surface area contributed by atoms with Crippen LogP contribution in [-0.4, -0.2) is 43.2 Å². The van der Waals surface area contributed by atoms with Gasteiger partial charge in [0.1, 0.15) is 5.82 Å². The molecule has 3 rings (SSSR count). The highest BCUT2D eigenvalue weighted by atomic mass is 35.5. The summed E-state index contributed by atoms with van der Waals surface area (Å²) < 4.78 is 5.32. The van der Waals surface area contributed by atoms with Crippen molar-refractivity contribution in [3.05, 3.63) is 23.9 Å². The number of halogens is 2. The van der Waals surface area contributed by atoms with E-state index in [1.54, 1.807) is 0 Å². The van der Waals surface area contributed by atoms with Gasteiger partial charge in [-0.05, 0) is 49.7 Å². The number of rotatable bonds is 5. The molecule has 148 valence electrons. The smallest absolute Gasteiger partial charge is 0.237 e. The van der Waals surface area contributed by atoms with E-state index in [1.165, 1.54) is 19.3 Å². The van der Waals surface area contributed by atoms with Crippen molar-refractivity contribution in [1.82, 2.24) is 10.3 Å². The van der Waals surface area contributed by atoms with Gasteiger partial charge in [-0.3, -0.25) is 4.79 Å². The van der Waals surface area contributed by atoms with Crippen LogP contribution < -0.4 is 16.0 Å². The van der Waals surface area contributed by atoms with Crippen molar-refractivity contribution in [2.45, 2.75) is 44.7 Å². The van der Waals surface area contributed by atoms with Crippen LogP contribution in [0.5, 0.6) is 0 Å². The molecule has 2 aliphatic heterocycles. The van der Waals surface area contributed by atoms with Gasteiger partial charge in [0.15, 0.2) is 0 Å². The summed E-state index contributed by atoms with van der Waals surface area (Å²) in [6, 6.07) is 3.64. The first-order valence-electron chi connectivity index (χ1n) is 9.05. The minimum atomic E-state index is -0.450. The van der Waals surface area contributed by atoms with E-state index in [0.717, 1.165) is 37.3 Å². The number of nitrogens with two attached hydrogens (primary N) is 1. The summed E-state index contributed by atoms with van der Waals surface area (Å²) in [6.45, 7) is 4.05. The van der Waals surface area contributed by atoms with Crippen LogP contribution in [0.15, 0.2) is 18.3 Å². The number of nitrogens with one attached hydrogen (secondary N) is 1. The largest absolute Gasteiger partial charge is 0.381 e. The fraction of sp³-hybridized carbons (Fsp3) is 0.667. The predicted octanol–water partition coefficient (Wildman–Crippen LogP) is 2.29. The maximum atomic E-state index is 12.2. The number of anilines is 1. The van der Waals surface area contributed by atoms with Crippen LogP contribution in [0.25, 0.3) is 0 Å². The number of piperidine rings is 1. The fourth-order valence-electron chi connectivity index (χ4n) is 3.43. The van der Waals surface area contributed by atoms with Crippen molar-refractivity contribution >= 4 is 36.5 Å². The van der Waals surface area contributed by atoms with E-state index in [-0.39, 0.29) is 36.6 Å². The van der Waals surface area contributed by atoms with E-state index in [0.29, 0.717) is 19.8 Å². The van der Waals surface area contributed by atoms with Gasteiger partial charge in [-0.2, -0.15) is 0 Å². The average Bonchev–Trinajstić information content (AvgIpc) is 2.67. The summed E-state index contributed by atoms with van der Waals surface area (Å²) in [5.41, 5.74) is 7.09. The topological polar surface area (TPSA) is 80.5 Å². The monoisotopic (exact) mass is 404 g/mol. The van der Waals surface area contributed by atoms with E-state index < -0.39 is 6.04 Å². The molecule has 3 heterocycles. The molecule has 0 spiro atoms. The predicted molar refractivity (Wildman–Crippen MR) is 108 cm³/mol. The molecule has 0 radical (unpaired) electrons. The summed E-state index contributed by atoms with van der Waals surface area (Å²) in [7, 11) is 0. The van der Waals surface area contributed by atoms with Gasteiger partial charge >= 0.3 is 0 Å². The highest BCUT2D eigenvalue weighted by molar-refractivity contribution is 5.85. The minimum absolute atomic E-state index is 0. The van der Waals surface area contributed by atoms with E-state index >= 15 is 0 Å². The average molecular weight is 405 g/mol. The SMILES string of the molecule is Cl.Cl.NC(C(=O)NCc1ccc(N2CCCCC2)nc1)C1CCOCC1. The van der Waals surface area contributed by atoms with Crippen LogP contribution in [0.2, 0.25) is 0 Å². The lowest BCUT2D eigenvalue weighted by atomic mass is 9.92. The van der Waals surface area contributed by atoms with Crippen molar-refractivity contribution < 1.29 is 9.53 Å². The molecule has 0 bridgehead atoms. The van der Waals surface area contributed by atoms with E-state index in [9.17, 15) is 4.79 Å². The molecule has 1 aromatic rings. The van der Waals surface area contributed by atoms with Gasteiger partial charge in [-0.1, -0.05) is 6.07 Å². The molecule has 1 unspecified atom stereocenters. The number of carbonyl (C=O) groups is 1. The molecular weight excluding hydrogens is 375 g/mol. The summed E-state index contributed by atoms with van der Waals surface area (Å²) in [5, 5.41) is 2.94. The lowest BCUT2D eigenvalue weighted by Gasteiger charge is -2.28. The van der Waals surface area contributed by atoms with Crippen LogP contribution in [-0.2, 0) is 16.1 Å². The Morgan fingerprint density at radius 3 is 2.54 bits per heavy atom. The Hall–Kier alpha value is -1.08. The molecule has 2 saturated heterocycles. The molecule has 6 nitrogen and oxygen atoms in total. The Balaban J connectivity index is 0.00000169. The first kappa shape index (κ1) is 23.0. The third-order valence-corrected chi connectivity index (χ3v) is 5.03. The summed E-state index contributed by atoms with van der Waals surface area (Å²) in [6.07, 6.45) is 7.37. The Labute approximate surface area is 168 Å². The number of carbonyl (C=O) groups excluding carboxylic acids is 1. The minimum Gasteiger partial charge on any atom is -0.381 e. The Morgan fingerprint density at radius 1 is 1.23 bits per heavy atom. The van der Waals surface area contributed by atoms with Gasteiger partial charge in [0.25, 0.3) is 0 Å². The molecule has 0 aromatic carbocycles. The van der Waals surface area contributed by atoms with Crippen molar-refractivity contribution in [1.29, 1.82) is 0 Å². The number of nitrogens with zero attached hydrogens (tertiary/aromatic N) is 2. The van der Waals surface area contributed by atoms with Gasteiger partial charge in [-0.25, -0.2) is 4.98 Å². The zero-order chi connectivity index (χ0) is 16.8. The normalized spacial score (nSPS) is 19.0. The second kappa shape index (κ2) is 11.6. The molecule has 3 N–H and O–H groups in total. The quantitative estimate of drug-likeness (QED) is 0.786. The molecule has 1 atom stereocenters. The first-order valence-corrected chi connectivity index (χ1v) is 9.05. The van der Waals surface area contributed by atoms with Gasteiger partial charge in [-0.15, -0.1) is 24.8 Å². The van der Waals surface area contributed by atoms with Crippen molar-refractivity contribution in [2.24, 2.45) is 11.7 Å². The zero-order valence-corrected chi connectivity index (χ0v) is 16.7. The third kappa shape index (κ3) is 6.27. The molecule has 26 heavy (non-hydrogen) atoms. The van der Waals surface area contributed by atoms with E-state index in [1.807, 2.05) is 18.3 Å². The lowest BCUT2D eigenvalue weighted by molar-refractivity contribution is -0.124. The maximum Gasteiger partial charge on any atom is 0.237 e. The Kier molecular flexibility index (Phi) is 10.2. The van der Waals surface area contributed by atoms with Gasteiger partial charge in [0.2, 0.25) is 5.91 Å². The zero-order valence-electron chi connectivity index (χ0n) is 15.1. The van der Waals surface area contributed by atoms with Crippen LogP contribution in [0.3, 0.4) is 0 Å². The molecule has 2 fully saturated rings. The van der Waals surface area contributed by atoms with Gasteiger partial charge in [0, 0.05) is 39.0 Å². The number of ether oxygens (including phenoxy) is 1. The lowest BCUT2D eigenvalue weighted by Crippen LogP contribution is -2.46. The molecule has 1 aromatic heterocycles. The number of hydrogen-bond acceptors (Lipinski definition) is 5. The number of amides is 1. The molecular formula is C18H30Cl2N4O2. The van der Waals surface area contributed by atoms with E-state index in [4.69, 9.17) is 10.5 Å². The molecule has 1 amide bonds. The molecule has 2 aliphatic rings. The number of pyridine rings is 1. The summed E-state index contributed by atoms with van der Waals surface area (Å²) >= 11 is 0. The molecule has 8 heteroatoms. The standard InChI is InChI=1S/C18H28N4O2.2ClH/c19-17(15-6-10-24-11-7-15)18(23)21-13-14-4-5-16(20-12-14)22-8-2-1-3-9-22;;/h4-5,12,15,17H,1-3,6-11,13,19H2,(H,21,23);2*1H. The van der Waals surface area contributed by atoms with Crippen molar-refractivity contribution in [3.8, 4) is 0 Å². The van der Waals surface area contributed by atoms with Gasteiger partial charge < -0.3 is 20.7 Å². The van der Waals surface area contributed by atoms with Crippen LogP contribution >= 0.6 is 24.8 Å². The van der Waals surface area contributed by atoms with Gasteiger partial charge in [0.05, 0.1) is 6.04 Å². The fourth-order valence-corrected chi connectivity index (χ4v) is 3.43. The van der Waals surface area contributed by atoms with Crippen LogP contribution in [0.4, 0.5) is 5.82 Å². The second-order valence-electron chi connectivity index (χ2n) is 6.77. The first-order chi connectivity index (χ1) is 11.7. The molecule has 0 saturated carbocycles. The highest BCUT2D eigenvalue weighted by Crippen LogP contribution is 2.19. The van der Waals surface area contributed by atoms with Crippen molar-refractivity contribution in [2.75, 3.05) is 31.2 Å². The summed E-state index contributed by atoms with van der Waals surface area (Å²) in [4.78, 5) is 19.1.